The van der Waals surface area contributed by atoms with Crippen LogP contribution in [-0.4, -0.2) is 5.97 Å². The van der Waals surface area contributed by atoms with Crippen LogP contribution in [0, 0.1) is 0 Å². The molecule has 0 fully saturated rings. The van der Waals surface area contributed by atoms with Crippen LogP contribution in [0.3, 0.4) is 0 Å². The molecule has 78 valence electrons. The van der Waals surface area contributed by atoms with E-state index in [1.807, 2.05) is 0 Å². The Bertz CT molecular complexity index is 252. The monoisotopic (exact) mass is 196 g/mol. The minimum absolute atomic E-state index is 0.125. The maximum Gasteiger partial charge on any atom is 0.306 e. The second-order valence-electron chi connectivity index (χ2n) is 3.25. The molecule has 0 aliphatic rings. The lowest BCUT2D eigenvalue weighted by Gasteiger charge is -2.01. The van der Waals surface area contributed by atoms with Crippen molar-refractivity contribution in [1.29, 1.82) is 0 Å². The molecule has 0 atom stereocenters. The maximum absolute atomic E-state index is 11.2. The highest BCUT2D eigenvalue weighted by molar-refractivity contribution is 5.69. The topological polar surface area (TPSA) is 39.4 Å². The fourth-order valence-corrected chi connectivity index (χ4v) is 1.13. The van der Waals surface area contributed by atoms with Crippen LogP contribution >= 0.6 is 0 Å². The van der Waals surface area contributed by atoms with E-state index < -0.39 is 0 Å². The van der Waals surface area contributed by atoms with Crippen molar-refractivity contribution in [3.05, 3.63) is 24.2 Å². The standard InChI is InChI=1S/C11H16O3/c1-2-3-4-5-11(12)14-9-10-6-7-13-8-10/h6-8H,2-5,9H2,1H3. The normalized spacial score (nSPS) is 10.1. The van der Waals surface area contributed by atoms with Gasteiger partial charge in [0.15, 0.2) is 0 Å². The van der Waals surface area contributed by atoms with Gasteiger partial charge >= 0.3 is 5.97 Å². The van der Waals surface area contributed by atoms with Crippen LogP contribution in [0.2, 0.25) is 0 Å². The first-order valence-corrected chi connectivity index (χ1v) is 4.99. The number of hydrogen-bond donors (Lipinski definition) is 0. The van der Waals surface area contributed by atoms with Gasteiger partial charge in [-0.3, -0.25) is 4.79 Å². The lowest BCUT2D eigenvalue weighted by atomic mass is 10.2. The summed E-state index contributed by atoms with van der Waals surface area (Å²) in [7, 11) is 0. The third kappa shape index (κ3) is 4.12. The summed E-state index contributed by atoms with van der Waals surface area (Å²) in [5.74, 6) is -0.125. The van der Waals surface area contributed by atoms with Gasteiger partial charge in [-0.2, -0.15) is 0 Å². The third-order valence-corrected chi connectivity index (χ3v) is 1.96. The van der Waals surface area contributed by atoms with Gasteiger partial charge in [-0.05, 0) is 12.5 Å². The molecule has 1 rings (SSSR count). The van der Waals surface area contributed by atoms with E-state index in [-0.39, 0.29) is 5.97 Å². The second kappa shape index (κ2) is 6.24. The second-order valence-corrected chi connectivity index (χ2v) is 3.25. The molecule has 0 aromatic carbocycles. The number of carbonyl (C=O) groups excluding carboxylic acids is 1. The van der Waals surface area contributed by atoms with Gasteiger partial charge in [0.1, 0.15) is 6.61 Å². The van der Waals surface area contributed by atoms with E-state index in [1.165, 1.54) is 0 Å². The van der Waals surface area contributed by atoms with E-state index in [1.54, 1.807) is 18.6 Å². The van der Waals surface area contributed by atoms with Crippen LogP contribution in [0.25, 0.3) is 0 Å². The van der Waals surface area contributed by atoms with Crippen molar-refractivity contribution < 1.29 is 13.9 Å². The summed E-state index contributed by atoms with van der Waals surface area (Å²) < 4.78 is 9.89. The molecule has 0 unspecified atom stereocenters. The van der Waals surface area contributed by atoms with Crippen molar-refractivity contribution in [3.8, 4) is 0 Å². The maximum atomic E-state index is 11.2. The van der Waals surface area contributed by atoms with Crippen LogP contribution in [0.5, 0.6) is 0 Å². The Hall–Kier alpha value is -1.25. The number of rotatable bonds is 6. The van der Waals surface area contributed by atoms with E-state index in [0.717, 1.165) is 24.8 Å². The summed E-state index contributed by atoms with van der Waals surface area (Å²) in [6.07, 6.45) is 6.79. The van der Waals surface area contributed by atoms with Gasteiger partial charge in [0.25, 0.3) is 0 Å². The summed E-state index contributed by atoms with van der Waals surface area (Å²) in [5.41, 5.74) is 0.897. The molecule has 0 N–H and O–H groups in total. The summed E-state index contributed by atoms with van der Waals surface area (Å²) in [4.78, 5) is 11.2. The number of carbonyl (C=O) groups is 1. The van der Waals surface area contributed by atoms with Crippen molar-refractivity contribution in [2.45, 2.75) is 39.2 Å². The first-order valence-electron chi connectivity index (χ1n) is 4.99. The van der Waals surface area contributed by atoms with Crippen molar-refractivity contribution in [2.24, 2.45) is 0 Å². The SMILES string of the molecule is CCCCCC(=O)OCc1ccoc1. The highest BCUT2D eigenvalue weighted by atomic mass is 16.5. The Morgan fingerprint density at radius 1 is 1.50 bits per heavy atom. The van der Waals surface area contributed by atoms with Crippen molar-refractivity contribution in [1.82, 2.24) is 0 Å². The van der Waals surface area contributed by atoms with E-state index in [2.05, 4.69) is 6.92 Å². The fraction of sp³-hybridized carbons (Fsp3) is 0.545. The molecule has 1 aromatic heterocycles. The molecule has 0 bridgehead atoms. The lowest BCUT2D eigenvalue weighted by Crippen LogP contribution is -2.03. The van der Waals surface area contributed by atoms with Gasteiger partial charge in [0.2, 0.25) is 0 Å². The molecule has 0 saturated heterocycles. The zero-order chi connectivity index (χ0) is 10.2. The van der Waals surface area contributed by atoms with Crippen LogP contribution < -0.4 is 0 Å². The number of hydrogen-bond acceptors (Lipinski definition) is 3. The number of esters is 1. The minimum Gasteiger partial charge on any atom is -0.472 e. The van der Waals surface area contributed by atoms with Crippen molar-refractivity contribution in [2.75, 3.05) is 0 Å². The number of unbranched alkanes of at least 4 members (excludes halogenated alkanes) is 2. The predicted octanol–water partition coefficient (Wildman–Crippen LogP) is 2.90. The lowest BCUT2D eigenvalue weighted by molar-refractivity contribution is -0.145. The Morgan fingerprint density at radius 2 is 2.36 bits per heavy atom. The molecular weight excluding hydrogens is 180 g/mol. The Morgan fingerprint density at radius 3 is 3.00 bits per heavy atom. The molecule has 0 amide bonds. The first-order chi connectivity index (χ1) is 6.83. The Labute approximate surface area is 84.1 Å². The smallest absolute Gasteiger partial charge is 0.306 e. The van der Waals surface area contributed by atoms with Gasteiger partial charge in [0.05, 0.1) is 12.5 Å². The average Bonchev–Trinajstić information content (AvgIpc) is 2.68. The highest BCUT2D eigenvalue weighted by Gasteiger charge is 2.02. The molecular formula is C11H16O3. The molecule has 0 aliphatic heterocycles. The zero-order valence-electron chi connectivity index (χ0n) is 8.49. The Balaban J connectivity index is 2.09. The van der Waals surface area contributed by atoms with Crippen LogP contribution in [-0.2, 0) is 16.1 Å². The van der Waals surface area contributed by atoms with Crippen molar-refractivity contribution >= 4 is 5.97 Å². The minimum atomic E-state index is -0.125. The van der Waals surface area contributed by atoms with E-state index in [4.69, 9.17) is 9.15 Å². The van der Waals surface area contributed by atoms with Crippen LogP contribution in [0.1, 0.15) is 38.2 Å². The Kier molecular flexibility index (Phi) is 4.83. The first kappa shape index (κ1) is 10.8. The number of ether oxygens (including phenoxy) is 1. The molecule has 3 heteroatoms. The molecule has 0 radical (unpaired) electrons. The summed E-state index contributed by atoms with van der Waals surface area (Å²) >= 11 is 0. The zero-order valence-corrected chi connectivity index (χ0v) is 8.49. The van der Waals surface area contributed by atoms with Gasteiger partial charge in [-0.25, -0.2) is 0 Å². The molecule has 3 nitrogen and oxygen atoms in total. The highest BCUT2D eigenvalue weighted by Crippen LogP contribution is 2.05. The molecule has 0 spiro atoms. The quantitative estimate of drug-likeness (QED) is 0.518. The molecule has 1 aromatic rings. The molecule has 0 saturated carbocycles. The van der Waals surface area contributed by atoms with Gasteiger partial charge in [-0.15, -0.1) is 0 Å². The number of furan rings is 1. The van der Waals surface area contributed by atoms with Gasteiger partial charge in [0, 0.05) is 12.0 Å². The van der Waals surface area contributed by atoms with Crippen molar-refractivity contribution in [3.63, 3.8) is 0 Å². The summed E-state index contributed by atoms with van der Waals surface area (Å²) in [6, 6.07) is 1.79. The average molecular weight is 196 g/mol. The van der Waals surface area contributed by atoms with Gasteiger partial charge in [-0.1, -0.05) is 19.8 Å². The van der Waals surface area contributed by atoms with E-state index in [9.17, 15) is 4.79 Å². The van der Waals surface area contributed by atoms with E-state index in [0.29, 0.717) is 13.0 Å². The van der Waals surface area contributed by atoms with E-state index >= 15 is 0 Å². The molecule has 14 heavy (non-hydrogen) atoms. The largest absolute Gasteiger partial charge is 0.472 e. The summed E-state index contributed by atoms with van der Waals surface area (Å²) in [6.45, 7) is 2.43. The fourth-order valence-electron chi connectivity index (χ4n) is 1.13. The third-order valence-electron chi connectivity index (χ3n) is 1.96. The molecule has 1 heterocycles. The van der Waals surface area contributed by atoms with Crippen LogP contribution in [0.15, 0.2) is 23.0 Å². The van der Waals surface area contributed by atoms with Gasteiger partial charge < -0.3 is 9.15 Å². The summed E-state index contributed by atoms with van der Waals surface area (Å²) in [5, 5.41) is 0. The molecule has 0 aliphatic carbocycles. The van der Waals surface area contributed by atoms with Crippen LogP contribution in [0.4, 0.5) is 0 Å². The predicted molar refractivity (Wildman–Crippen MR) is 52.6 cm³/mol.